The Balaban J connectivity index is 1.86. The molecule has 2 heterocycles. The van der Waals surface area contributed by atoms with E-state index in [1.165, 1.54) is 18.9 Å². The summed E-state index contributed by atoms with van der Waals surface area (Å²) in [5.74, 6) is 0.928. The van der Waals surface area contributed by atoms with Gasteiger partial charge in [0.05, 0.1) is 23.3 Å². The monoisotopic (exact) mass is 370 g/mol. The van der Waals surface area contributed by atoms with Gasteiger partial charge < -0.3 is 9.15 Å². The molecule has 1 amide bonds. The molecule has 7 heteroatoms. The predicted molar refractivity (Wildman–Crippen MR) is 101 cm³/mol. The Morgan fingerprint density at radius 3 is 2.58 bits per heavy atom. The number of amides is 1. The summed E-state index contributed by atoms with van der Waals surface area (Å²) in [7, 11) is 1.34. The van der Waals surface area contributed by atoms with Crippen LogP contribution in [0.15, 0.2) is 50.7 Å². The van der Waals surface area contributed by atoms with E-state index in [2.05, 4.69) is 9.73 Å². The minimum Gasteiger partial charge on any atom is -0.465 e. The van der Waals surface area contributed by atoms with Crippen LogP contribution in [0.2, 0.25) is 0 Å². The number of nitrogens with zero attached hydrogens (tertiary/aromatic N) is 2. The number of carbonyl (C=O) groups excluding carboxylic acids is 2. The molecule has 1 aromatic heterocycles. The summed E-state index contributed by atoms with van der Waals surface area (Å²) >= 11 is 1.30. The van der Waals surface area contributed by atoms with Crippen LogP contribution >= 0.6 is 11.8 Å². The summed E-state index contributed by atoms with van der Waals surface area (Å²) in [6.45, 7) is 4.27. The lowest BCUT2D eigenvalue weighted by Gasteiger charge is -2.12. The first-order chi connectivity index (χ1) is 12.5. The third-order valence-electron chi connectivity index (χ3n) is 3.75. The first-order valence-corrected chi connectivity index (χ1v) is 8.88. The second-order valence-electron chi connectivity index (χ2n) is 5.54. The van der Waals surface area contributed by atoms with Crippen molar-refractivity contribution in [3.8, 4) is 0 Å². The van der Waals surface area contributed by atoms with E-state index in [-0.39, 0.29) is 5.91 Å². The number of aryl methyl sites for hydroxylation is 1. The maximum atomic E-state index is 12.6. The number of thioether (sulfide) groups is 1. The Hall–Kier alpha value is -2.80. The zero-order valence-electron chi connectivity index (χ0n) is 14.7. The summed E-state index contributed by atoms with van der Waals surface area (Å²) < 4.78 is 10.2. The van der Waals surface area contributed by atoms with Gasteiger partial charge in [-0.05, 0) is 62.0 Å². The summed E-state index contributed by atoms with van der Waals surface area (Å²) in [5.41, 5.74) is 1.11. The van der Waals surface area contributed by atoms with E-state index in [1.807, 2.05) is 26.0 Å². The number of aliphatic imine (C=N–C) groups is 1. The van der Waals surface area contributed by atoms with E-state index in [0.29, 0.717) is 33.6 Å². The van der Waals surface area contributed by atoms with Crippen molar-refractivity contribution in [3.05, 3.63) is 58.4 Å². The maximum absolute atomic E-state index is 12.6. The van der Waals surface area contributed by atoms with Gasteiger partial charge in [-0.2, -0.15) is 0 Å². The Morgan fingerprint density at radius 1 is 1.27 bits per heavy atom. The Labute approximate surface area is 155 Å². The molecular formula is C19H18N2O4S. The number of methoxy groups -OCH3 is 1. The molecule has 0 radical (unpaired) electrons. The molecule has 1 fully saturated rings. The minimum atomic E-state index is -0.399. The van der Waals surface area contributed by atoms with Gasteiger partial charge in [-0.25, -0.2) is 9.79 Å². The smallest absolute Gasteiger partial charge is 0.337 e. The Morgan fingerprint density at radius 2 is 2.00 bits per heavy atom. The van der Waals surface area contributed by atoms with Crippen molar-refractivity contribution in [1.29, 1.82) is 0 Å². The molecule has 0 N–H and O–H groups in total. The van der Waals surface area contributed by atoms with Crippen LogP contribution in [0.1, 0.15) is 28.8 Å². The number of esters is 1. The lowest BCUT2D eigenvalue weighted by Crippen LogP contribution is -2.28. The quantitative estimate of drug-likeness (QED) is 0.601. The molecule has 1 aliphatic heterocycles. The van der Waals surface area contributed by atoms with E-state index in [0.717, 1.165) is 5.76 Å². The molecule has 134 valence electrons. The normalized spacial score (nSPS) is 17.3. The molecule has 0 saturated carbocycles. The zero-order chi connectivity index (χ0) is 18.7. The van der Waals surface area contributed by atoms with Crippen molar-refractivity contribution in [2.45, 2.75) is 13.8 Å². The van der Waals surface area contributed by atoms with E-state index < -0.39 is 5.97 Å². The molecule has 0 unspecified atom stereocenters. The van der Waals surface area contributed by atoms with Crippen molar-refractivity contribution >= 4 is 40.6 Å². The average molecular weight is 370 g/mol. The lowest BCUT2D eigenvalue weighted by molar-refractivity contribution is -0.122. The zero-order valence-corrected chi connectivity index (χ0v) is 15.5. The first-order valence-electron chi connectivity index (χ1n) is 8.06. The van der Waals surface area contributed by atoms with Crippen molar-refractivity contribution in [1.82, 2.24) is 4.90 Å². The third kappa shape index (κ3) is 3.72. The average Bonchev–Trinajstić information content (AvgIpc) is 3.18. The number of carbonyl (C=O) groups is 2. The molecule has 0 spiro atoms. The summed E-state index contributed by atoms with van der Waals surface area (Å²) in [5, 5.41) is 0.595. The first kappa shape index (κ1) is 18.0. The van der Waals surface area contributed by atoms with Gasteiger partial charge in [0, 0.05) is 12.6 Å². The molecule has 0 bridgehead atoms. The molecule has 26 heavy (non-hydrogen) atoms. The van der Waals surface area contributed by atoms with Crippen LogP contribution in [-0.2, 0) is 9.53 Å². The fourth-order valence-electron chi connectivity index (χ4n) is 2.43. The molecule has 1 aliphatic rings. The van der Waals surface area contributed by atoms with Crippen LogP contribution in [0.3, 0.4) is 0 Å². The molecule has 2 aromatic rings. The van der Waals surface area contributed by atoms with Gasteiger partial charge in [0.15, 0.2) is 5.17 Å². The fraction of sp³-hybridized carbons (Fsp3) is 0.211. The van der Waals surface area contributed by atoms with Crippen LogP contribution in [0, 0.1) is 6.92 Å². The number of rotatable bonds is 4. The molecule has 1 aromatic carbocycles. The standard InChI is InChI=1S/C19H18N2O4S/c1-4-21-17(22)16(11-15-10-5-12(2)25-15)26-19(21)20-14-8-6-13(7-9-14)18(23)24-3/h5-11H,4H2,1-3H3/b16-11+,20-19?. The van der Waals surface area contributed by atoms with Crippen LogP contribution in [0.4, 0.5) is 5.69 Å². The fourth-order valence-corrected chi connectivity index (χ4v) is 3.47. The predicted octanol–water partition coefficient (Wildman–Crippen LogP) is 4.00. The van der Waals surface area contributed by atoms with Gasteiger partial charge in [0.2, 0.25) is 0 Å². The number of amidine groups is 1. The van der Waals surface area contributed by atoms with Gasteiger partial charge >= 0.3 is 5.97 Å². The van der Waals surface area contributed by atoms with Crippen molar-refractivity contribution in [2.75, 3.05) is 13.7 Å². The molecule has 0 aliphatic carbocycles. The van der Waals surface area contributed by atoms with Gasteiger partial charge in [-0.1, -0.05) is 0 Å². The largest absolute Gasteiger partial charge is 0.465 e. The van der Waals surface area contributed by atoms with Gasteiger partial charge in [0.25, 0.3) is 5.91 Å². The molecule has 3 rings (SSSR count). The SMILES string of the molecule is CCN1C(=O)/C(=C\c2ccc(C)o2)SC1=Nc1ccc(C(=O)OC)cc1. The number of hydrogen-bond acceptors (Lipinski definition) is 6. The van der Waals surface area contributed by atoms with Gasteiger partial charge in [0.1, 0.15) is 11.5 Å². The summed E-state index contributed by atoms with van der Waals surface area (Å²) in [6, 6.07) is 10.4. The van der Waals surface area contributed by atoms with Gasteiger partial charge in [-0.3, -0.25) is 9.69 Å². The number of hydrogen-bond donors (Lipinski definition) is 0. The number of likely N-dealkylation sites (N-methyl/N-ethyl adjacent to an activating group) is 1. The highest BCUT2D eigenvalue weighted by Crippen LogP contribution is 2.34. The second kappa shape index (κ2) is 7.61. The number of benzene rings is 1. The van der Waals surface area contributed by atoms with Crippen LogP contribution in [0.25, 0.3) is 6.08 Å². The van der Waals surface area contributed by atoms with E-state index >= 15 is 0 Å². The Kier molecular flexibility index (Phi) is 5.27. The maximum Gasteiger partial charge on any atom is 0.337 e. The summed E-state index contributed by atoms with van der Waals surface area (Å²) in [6.07, 6.45) is 1.73. The topological polar surface area (TPSA) is 72.1 Å². The van der Waals surface area contributed by atoms with Gasteiger partial charge in [-0.15, -0.1) is 0 Å². The van der Waals surface area contributed by atoms with Crippen LogP contribution in [-0.4, -0.2) is 35.6 Å². The molecule has 1 saturated heterocycles. The van der Waals surface area contributed by atoms with Crippen molar-refractivity contribution < 1.29 is 18.7 Å². The highest BCUT2D eigenvalue weighted by molar-refractivity contribution is 8.18. The van der Waals surface area contributed by atoms with Crippen molar-refractivity contribution in [3.63, 3.8) is 0 Å². The van der Waals surface area contributed by atoms with E-state index in [1.54, 1.807) is 35.2 Å². The molecule has 0 atom stereocenters. The summed E-state index contributed by atoms with van der Waals surface area (Å²) in [4.78, 5) is 30.8. The highest BCUT2D eigenvalue weighted by Gasteiger charge is 2.32. The lowest BCUT2D eigenvalue weighted by atomic mass is 10.2. The van der Waals surface area contributed by atoms with Crippen LogP contribution < -0.4 is 0 Å². The van der Waals surface area contributed by atoms with E-state index in [4.69, 9.17) is 4.42 Å². The van der Waals surface area contributed by atoms with Crippen LogP contribution in [0.5, 0.6) is 0 Å². The second-order valence-corrected chi connectivity index (χ2v) is 6.55. The number of ether oxygens (including phenoxy) is 1. The number of furan rings is 1. The molecular weight excluding hydrogens is 352 g/mol. The highest BCUT2D eigenvalue weighted by atomic mass is 32.2. The third-order valence-corrected chi connectivity index (χ3v) is 4.76. The van der Waals surface area contributed by atoms with E-state index in [9.17, 15) is 9.59 Å². The Bertz CT molecular complexity index is 897. The van der Waals surface area contributed by atoms with Crippen molar-refractivity contribution in [2.24, 2.45) is 4.99 Å². The minimum absolute atomic E-state index is 0.100. The molecule has 6 nitrogen and oxygen atoms in total.